The Morgan fingerprint density at radius 3 is 2.56 bits per heavy atom. The summed E-state index contributed by atoms with van der Waals surface area (Å²) in [6.07, 6.45) is 10.2. The maximum absolute atomic E-state index is 9.72. The molecule has 1 heteroatoms. The third-order valence-corrected chi connectivity index (χ3v) is 0.892. The van der Waals surface area contributed by atoms with E-state index in [1.807, 2.05) is 12.2 Å². The van der Waals surface area contributed by atoms with E-state index in [0.717, 1.165) is 19.1 Å². The smallest absolute Gasteiger partial charge is 0.142 e. The predicted octanol–water partition coefficient (Wildman–Crippen LogP) is 2.10. The highest BCUT2D eigenvalue weighted by Gasteiger charge is 1.68. The van der Waals surface area contributed by atoms with Gasteiger partial charge in [-0.2, -0.15) is 0 Å². The van der Waals surface area contributed by atoms with Crippen molar-refractivity contribution in [2.75, 3.05) is 0 Å². The van der Waals surface area contributed by atoms with Gasteiger partial charge in [-0.3, -0.25) is 4.79 Å². The second kappa shape index (κ2) is 7.15. The quantitative estimate of drug-likeness (QED) is 0.318. The number of hydrogen-bond acceptors (Lipinski definition) is 1. The normalized spacial score (nSPS) is 11.2. The van der Waals surface area contributed by atoms with E-state index in [1.165, 1.54) is 6.08 Å². The minimum absolute atomic E-state index is 0.774. The number of rotatable bonds is 4. The van der Waals surface area contributed by atoms with Gasteiger partial charge in [0, 0.05) is 0 Å². The molecule has 0 radical (unpaired) electrons. The molecule has 0 fully saturated rings. The first-order chi connectivity index (χ1) is 4.41. The Morgan fingerprint density at radius 2 is 2.00 bits per heavy atom. The summed E-state index contributed by atoms with van der Waals surface area (Å²) in [6, 6.07) is 0. The van der Waals surface area contributed by atoms with Gasteiger partial charge in [-0.05, 0) is 12.5 Å². The van der Waals surface area contributed by atoms with Crippen molar-refractivity contribution in [2.24, 2.45) is 0 Å². The van der Waals surface area contributed by atoms with Crippen LogP contribution in [0.1, 0.15) is 19.8 Å². The van der Waals surface area contributed by atoms with Crippen LogP contribution in [0.4, 0.5) is 0 Å². The average molecular weight is 124 g/mol. The van der Waals surface area contributed by atoms with Crippen LogP contribution in [0, 0.1) is 0 Å². The third-order valence-electron chi connectivity index (χ3n) is 0.892. The lowest BCUT2D eigenvalue weighted by molar-refractivity contribution is -0.104. The molecule has 0 N–H and O–H groups in total. The summed E-state index contributed by atoms with van der Waals surface area (Å²) in [6.45, 7) is 2.12. The van der Waals surface area contributed by atoms with Crippen LogP contribution in [-0.2, 0) is 4.79 Å². The number of carbonyl (C=O) groups is 1. The first-order valence-electron chi connectivity index (χ1n) is 3.18. The van der Waals surface area contributed by atoms with Gasteiger partial charge >= 0.3 is 0 Å². The van der Waals surface area contributed by atoms with E-state index >= 15 is 0 Å². The van der Waals surface area contributed by atoms with E-state index in [-0.39, 0.29) is 0 Å². The van der Waals surface area contributed by atoms with Gasteiger partial charge in [0.1, 0.15) is 6.29 Å². The summed E-state index contributed by atoms with van der Waals surface area (Å²) in [4.78, 5) is 9.72. The zero-order valence-corrected chi connectivity index (χ0v) is 5.71. The van der Waals surface area contributed by atoms with Crippen molar-refractivity contribution in [3.63, 3.8) is 0 Å². The van der Waals surface area contributed by atoms with E-state index < -0.39 is 0 Å². The molecule has 0 atom stereocenters. The number of carbonyl (C=O) groups excluding carboxylic acids is 1. The standard InChI is InChI=1S/C8H12O/c1-2-3-4-5-6-7-8-9/h4-8H,2-3H2,1H3/b5-4?,7-6+. The molecule has 9 heavy (non-hydrogen) atoms. The highest BCUT2D eigenvalue weighted by molar-refractivity contribution is 5.65. The molecule has 0 aromatic heterocycles. The van der Waals surface area contributed by atoms with E-state index in [0.29, 0.717) is 0 Å². The van der Waals surface area contributed by atoms with Gasteiger partial charge in [-0.15, -0.1) is 0 Å². The van der Waals surface area contributed by atoms with Crippen LogP contribution < -0.4 is 0 Å². The van der Waals surface area contributed by atoms with Crippen molar-refractivity contribution in [3.8, 4) is 0 Å². The molecule has 0 unspecified atom stereocenters. The lowest BCUT2D eigenvalue weighted by atomic mass is 10.3. The van der Waals surface area contributed by atoms with Crippen LogP contribution in [-0.4, -0.2) is 6.29 Å². The van der Waals surface area contributed by atoms with Crippen LogP contribution in [0.5, 0.6) is 0 Å². The molecular formula is C8H12O. The summed E-state index contributed by atoms with van der Waals surface area (Å²) in [7, 11) is 0. The average Bonchev–Trinajstić information content (AvgIpc) is 1.89. The van der Waals surface area contributed by atoms with Crippen LogP contribution in [0.15, 0.2) is 24.3 Å². The highest BCUT2D eigenvalue weighted by Crippen LogP contribution is 1.87. The fourth-order valence-corrected chi connectivity index (χ4v) is 0.451. The Labute approximate surface area is 56.1 Å². The van der Waals surface area contributed by atoms with Gasteiger partial charge in [-0.25, -0.2) is 0 Å². The van der Waals surface area contributed by atoms with Gasteiger partial charge in [0.15, 0.2) is 0 Å². The molecular weight excluding hydrogens is 112 g/mol. The van der Waals surface area contributed by atoms with E-state index in [1.54, 1.807) is 6.08 Å². The molecule has 0 saturated heterocycles. The van der Waals surface area contributed by atoms with Gasteiger partial charge < -0.3 is 0 Å². The monoisotopic (exact) mass is 124 g/mol. The lowest BCUT2D eigenvalue weighted by Gasteiger charge is -1.78. The topological polar surface area (TPSA) is 17.1 Å². The number of allylic oxidation sites excluding steroid dienone is 4. The van der Waals surface area contributed by atoms with Gasteiger partial charge in [-0.1, -0.05) is 31.6 Å². The zero-order valence-electron chi connectivity index (χ0n) is 5.71. The molecule has 0 aliphatic carbocycles. The van der Waals surface area contributed by atoms with Crippen molar-refractivity contribution < 1.29 is 4.79 Å². The Balaban J connectivity index is 3.23. The second-order valence-electron chi connectivity index (χ2n) is 1.74. The first-order valence-corrected chi connectivity index (χ1v) is 3.18. The predicted molar refractivity (Wildman–Crippen MR) is 39.3 cm³/mol. The Morgan fingerprint density at radius 1 is 1.22 bits per heavy atom. The molecule has 50 valence electrons. The van der Waals surface area contributed by atoms with Crippen LogP contribution in [0.3, 0.4) is 0 Å². The number of unbranched alkanes of at least 4 members (excludes halogenated alkanes) is 1. The van der Waals surface area contributed by atoms with Crippen molar-refractivity contribution in [1.29, 1.82) is 0 Å². The molecule has 0 aromatic carbocycles. The van der Waals surface area contributed by atoms with Crippen LogP contribution >= 0.6 is 0 Å². The fraction of sp³-hybridized carbons (Fsp3) is 0.375. The van der Waals surface area contributed by atoms with Crippen LogP contribution in [0.2, 0.25) is 0 Å². The summed E-state index contributed by atoms with van der Waals surface area (Å²) in [5, 5.41) is 0. The van der Waals surface area contributed by atoms with E-state index in [4.69, 9.17) is 0 Å². The summed E-state index contributed by atoms with van der Waals surface area (Å²) < 4.78 is 0. The minimum Gasteiger partial charge on any atom is -0.299 e. The lowest BCUT2D eigenvalue weighted by Crippen LogP contribution is -1.60. The van der Waals surface area contributed by atoms with Crippen molar-refractivity contribution in [1.82, 2.24) is 0 Å². The van der Waals surface area contributed by atoms with Gasteiger partial charge in [0.25, 0.3) is 0 Å². The molecule has 0 aliphatic rings. The fourth-order valence-electron chi connectivity index (χ4n) is 0.451. The van der Waals surface area contributed by atoms with Gasteiger partial charge in [0.2, 0.25) is 0 Å². The Hall–Kier alpha value is -0.850. The molecule has 0 aliphatic heterocycles. The molecule has 0 amide bonds. The molecule has 0 saturated carbocycles. The molecule has 0 bridgehead atoms. The number of hydrogen-bond donors (Lipinski definition) is 0. The van der Waals surface area contributed by atoms with Gasteiger partial charge in [0.05, 0.1) is 0 Å². The third kappa shape index (κ3) is 7.15. The van der Waals surface area contributed by atoms with E-state index in [9.17, 15) is 4.79 Å². The van der Waals surface area contributed by atoms with Crippen LogP contribution in [0.25, 0.3) is 0 Å². The Kier molecular flexibility index (Phi) is 6.47. The summed E-state index contributed by atoms with van der Waals surface area (Å²) >= 11 is 0. The summed E-state index contributed by atoms with van der Waals surface area (Å²) in [5.41, 5.74) is 0. The van der Waals surface area contributed by atoms with E-state index in [2.05, 4.69) is 6.92 Å². The molecule has 0 spiro atoms. The molecule has 0 aromatic rings. The number of aldehydes is 1. The largest absolute Gasteiger partial charge is 0.299 e. The summed E-state index contributed by atoms with van der Waals surface area (Å²) in [5.74, 6) is 0. The van der Waals surface area contributed by atoms with Crippen molar-refractivity contribution >= 4 is 6.29 Å². The first kappa shape index (κ1) is 8.15. The Bertz CT molecular complexity index is 112. The maximum Gasteiger partial charge on any atom is 0.142 e. The molecule has 0 heterocycles. The second-order valence-corrected chi connectivity index (χ2v) is 1.74. The van der Waals surface area contributed by atoms with Crippen molar-refractivity contribution in [2.45, 2.75) is 19.8 Å². The SMILES string of the molecule is CCCC=C/C=C/C=O. The molecule has 1 nitrogen and oxygen atoms in total. The van der Waals surface area contributed by atoms with Crippen molar-refractivity contribution in [3.05, 3.63) is 24.3 Å². The zero-order chi connectivity index (χ0) is 6.95. The highest BCUT2D eigenvalue weighted by atomic mass is 16.1. The maximum atomic E-state index is 9.72. The molecule has 0 rings (SSSR count). The minimum atomic E-state index is 0.774.